The number of alkyl halides is 1. The first-order valence-corrected chi connectivity index (χ1v) is 47.7. The number of hydrogen-bond acceptors (Lipinski definition) is 27. The second-order valence-electron chi connectivity index (χ2n) is 37.8. The molecule has 2 aliphatic heterocycles. The van der Waals surface area contributed by atoms with Gasteiger partial charge in [0.2, 0.25) is 11.8 Å². The number of phenols is 1. The first kappa shape index (κ1) is 98.3. The molecule has 2 saturated heterocycles. The average molecular weight is 1910 g/mol. The van der Waals surface area contributed by atoms with Crippen molar-refractivity contribution in [3.05, 3.63) is 215 Å². The van der Waals surface area contributed by atoms with Crippen LogP contribution in [0.2, 0.25) is 0 Å². The maximum absolute atomic E-state index is 15.7. The summed E-state index contributed by atoms with van der Waals surface area (Å²) in [5, 5.41) is 87.2. The average Bonchev–Trinajstić information content (AvgIpc) is 1.66. The van der Waals surface area contributed by atoms with Gasteiger partial charge in [0.25, 0.3) is 23.6 Å². The molecule has 6 aliphatic carbocycles. The highest BCUT2D eigenvalue weighted by Gasteiger charge is 2.49. The molecule has 7 fully saturated rings. The van der Waals surface area contributed by atoms with Crippen LogP contribution in [0.3, 0.4) is 0 Å². The number of nitrogens with two attached hydrogens (primary N) is 4. The monoisotopic (exact) mass is 1910 g/mol. The number of primary amides is 4. The van der Waals surface area contributed by atoms with E-state index in [1.807, 2.05) is 77.7 Å². The Morgan fingerprint density at radius 3 is 1.48 bits per heavy atom. The number of rotatable bonds is 33. The molecule has 38 nitrogen and oxygen atoms in total. The number of hydrogen-bond donors (Lipinski definition) is 9. The Balaban J connectivity index is 0.000000135. The van der Waals surface area contributed by atoms with Gasteiger partial charge < -0.3 is 57.6 Å². The van der Waals surface area contributed by atoms with E-state index in [4.69, 9.17) is 31.8 Å². The zero-order valence-electron chi connectivity index (χ0n) is 78.4. The number of halogens is 1. The highest BCUT2D eigenvalue weighted by Crippen LogP contribution is 2.45. The predicted molar refractivity (Wildman–Crippen MR) is 514 cm³/mol. The molecule has 8 aliphatic rings. The molecule has 0 spiro atoms. The molecule has 9 heterocycles. The van der Waals surface area contributed by atoms with E-state index >= 15 is 4.39 Å². The van der Waals surface area contributed by atoms with Crippen molar-refractivity contribution in [3.63, 3.8) is 0 Å². The molecule has 39 heteroatoms. The number of amides is 6. The van der Waals surface area contributed by atoms with Crippen LogP contribution in [0.1, 0.15) is 224 Å². The number of aromatic hydroxyl groups is 1. The van der Waals surface area contributed by atoms with Crippen LogP contribution in [-0.2, 0) is 67.2 Å². The molecule has 141 heavy (non-hydrogen) atoms. The number of nitriles is 4. The van der Waals surface area contributed by atoms with E-state index in [0.29, 0.717) is 74.6 Å². The summed E-state index contributed by atoms with van der Waals surface area (Å²) < 4.78 is 37.5. The van der Waals surface area contributed by atoms with Gasteiger partial charge in [-0.2, -0.15) is 51.6 Å². The first-order valence-electron chi connectivity index (χ1n) is 47.7. The Labute approximate surface area is 812 Å². The number of oxazole rings is 1. The Morgan fingerprint density at radius 2 is 1.00 bits per heavy atom. The zero-order chi connectivity index (χ0) is 99.1. The van der Waals surface area contributed by atoms with Crippen LogP contribution in [0.5, 0.6) is 5.75 Å². The number of Topliss-reactive ketones (excluding diaryl/α,β-unsaturated/α-hetero) is 2. The van der Waals surface area contributed by atoms with E-state index in [-0.39, 0.29) is 132 Å². The SMILES string of the molecule is COC(=O)Nc1nn(C2(CC#N)CCN(Cc3ccc(-c4ncco4)cc3)CC2F)cc1C(N)=O.N#CCC1(n2cc(C(N)=O)c(CC(=O)C3CC3)n2)CCC(Nc2ccc(-c3ccco3)cc2)CC1.N#CCC1(n2cc(C(N)=O)c(CC(=O)C3CC3)n2)CCN(Cc2ccc(-n3nccn3)c(O)c2)CC1.N#CCC1(n2cc(C(N)=O)c(NC(=O)C3CC3)n2)CCC(Nc2ccc(C3=CCCC3)cc2)CC1. The number of nitrogens with one attached hydrogen (secondary N) is 4. The van der Waals surface area contributed by atoms with Gasteiger partial charge in [-0.3, -0.25) is 67.4 Å². The fourth-order valence-corrected chi connectivity index (χ4v) is 19.5. The summed E-state index contributed by atoms with van der Waals surface area (Å²) in [6, 6.07) is 43.2. The van der Waals surface area contributed by atoms with Crippen molar-refractivity contribution in [3.8, 4) is 58.5 Å². The molecule has 19 rings (SSSR count). The standard InChI is InChI=1S/C27H32N6O2.C27H29N5O3.C25H28N8O3.C23H24FN7O4/c28-16-15-27(33-17-23(24(29)34)25(32-33)31-26(35)20-5-6-20)13-11-22(12-14-27)30-21-9-7-19(8-10-21)18-3-1-2-4-18;28-14-13-27(32-17-22(26(29)34)23(31-32)16-24(33)18-3-4-18)11-9-21(10-12-27)30-20-7-5-19(6-8-20)25-2-1-15-35-25;26-8-5-25(32-16-19(24(27)36)20(30-32)14-22(34)18-2-3-18)6-11-31(12-7-25)15-17-1-4-21(23(35)13-17)33-28-9-10-29-33;1-34-22(33)28-20-17(19(26)32)13-31(29-20)23(6-8-25)7-10-30(14-18(23)24)12-15-2-4-16(5-3-15)21-27-9-11-35-21/h3,7-10,17,20,22,30H,1-2,4-6,11-15H2,(H2,29,34)(H,31,32,35);1-2,5-8,15,17-18,21,30H,3-4,9-13,16H2,(H2,29,34);1,4,9-10,13,16,18,35H,2-3,5-7,11-12,14-15H2,(H2,27,36);2-5,9,11,13,18H,6-7,10,12,14H2,1H3,(H2,26,32)(H,28,29,33). The van der Waals surface area contributed by atoms with Gasteiger partial charge in [-0.15, -0.1) is 4.80 Å². The molecule has 4 aromatic carbocycles. The number of benzene rings is 4. The van der Waals surface area contributed by atoms with Crippen molar-refractivity contribution in [1.29, 1.82) is 21.0 Å². The molecular formula is C102H113FN26O12. The summed E-state index contributed by atoms with van der Waals surface area (Å²) in [6.07, 6.45) is 31.6. The van der Waals surface area contributed by atoms with Gasteiger partial charge in [0.1, 0.15) is 57.9 Å². The number of likely N-dealkylation sites (tertiary alicyclic amines) is 2. The van der Waals surface area contributed by atoms with E-state index in [1.54, 1.807) is 69.6 Å². The minimum absolute atomic E-state index is 0.0144. The van der Waals surface area contributed by atoms with Crippen LogP contribution in [0, 0.1) is 63.1 Å². The van der Waals surface area contributed by atoms with Crippen LogP contribution in [0.15, 0.2) is 174 Å². The van der Waals surface area contributed by atoms with Gasteiger partial charge in [0.05, 0.1) is 134 Å². The van der Waals surface area contributed by atoms with E-state index in [1.165, 1.54) is 45.9 Å². The second kappa shape index (κ2) is 43.5. The zero-order valence-corrected chi connectivity index (χ0v) is 78.4. The largest absolute Gasteiger partial charge is 0.506 e. The number of anilines is 4. The molecule has 6 amide bonds. The maximum Gasteiger partial charge on any atom is 0.412 e. The number of methoxy groups -OCH3 is 1. The Bertz CT molecular complexity index is 6540. The molecule has 0 bridgehead atoms. The molecule has 11 aromatic rings. The highest BCUT2D eigenvalue weighted by molar-refractivity contribution is 6.03. The summed E-state index contributed by atoms with van der Waals surface area (Å²) in [7, 11) is 1.15. The van der Waals surface area contributed by atoms with Crippen LogP contribution >= 0.6 is 0 Å². The van der Waals surface area contributed by atoms with Gasteiger partial charge in [0, 0.05) is 116 Å². The number of ketones is 2. The number of carbonyl (C=O) groups excluding carboxylic acids is 8. The van der Waals surface area contributed by atoms with Crippen molar-refractivity contribution in [2.45, 2.75) is 220 Å². The van der Waals surface area contributed by atoms with Crippen molar-refractivity contribution in [2.24, 2.45) is 40.7 Å². The lowest BCUT2D eigenvalue weighted by Crippen LogP contribution is -2.54. The number of nitrogens with zero attached hydrogens (tertiary/aromatic N) is 18. The normalized spacial score (nSPS) is 20.8. The number of furan rings is 1. The second-order valence-corrected chi connectivity index (χ2v) is 37.8. The Hall–Kier alpha value is -15.7. The molecule has 5 saturated carbocycles. The molecule has 13 N–H and O–H groups in total. The van der Waals surface area contributed by atoms with Gasteiger partial charge in [-0.25, -0.2) is 14.2 Å². The fraction of sp³-hybridized carbons (Fsp3) is 0.422. The maximum atomic E-state index is 15.7. The summed E-state index contributed by atoms with van der Waals surface area (Å²) in [6.45, 7) is 3.08. The molecule has 2 unspecified atom stereocenters. The number of allylic oxidation sites excluding steroid dienone is 2. The molecular weight excluding hydrogens is 1800 g/mol. The Morgan fingerprint density at radius 1 is 0.518 bits per heavy atom. The minimum atomic E-state index is -1.48. The topological polar surface area (TPSA) is 561 Å². The lowest BCUT2D eigenvalue weighted by molar-refractivity contribution is -0.120. The molecule has 0 radical (unpaired) electrons. The number of aromatic nitrogens is 12. The molecule has 730 valence electrons. The van der Waals surface area contributed by atoms with Crippen LogP contribution in [0.4, 0.5) is 32.2 Å². The van der Waals surface area contributed by atoms with Crippen LogP contribution in [0.25, 0.3) is 34.0 Å². The summed E-state index contributed by atoms with van der Waals surface area (Å²) >= 11 is 0. The highest BCUT2D eigenvalue weighted by atomic mass is 19.1. The summed E-state index contributed by atoms with van der Waals surface area (Å²) in [5.74, 6) is -0.975. The van der Waals surface area contributed by atoms with Crippen molar-refractivity contribution < 1.29 is 61.4 Å². The third-order valence-corrected chi connectivity index (χ3v) is 28.3. The van der Waals surface area contributed by atoms with E-state index in [2.05, 4.69) is 115 Å². The lowest BCUT2D eigenvalue weighted by atomic mass is 9.77. The number of carbonyl (C=O) groups is 8. The van der Waals surface area contributed by atoms with Crippen molar-refractivity contribution in [1.82, 2.24) is 68.9 Å². The van der Waals surface area contributed by atoms with Gasteiger partial charge in [-0.1, -0.05) is 36.4 Å². The van der Waals surface area contributed by atoms with Crippen molar-refractivity contribution >= 4 is 75.8 Å². The van der Waals surface area contributed by atoms with E-state index in [0.717, 1.165) is 143 Å². The van der Waals surface area contributed by atoms with Crippen LogP contribution < -0.4 is 44.2 Å². The smallest absolute Gasteiger partial charge is 0.412 e. The van der Waals surface area contributed by atoms with Gasteiger partial charge in [-0.05, 0) is 223 Å². The minimum Gasteiger partial charge on any atom is -0.506 e. The summed E-state index contributed by atoms with van der Waals surface area (Å²) in [5.41, 5.74) is 29.9. The van der Waals surface area contributed by atoms with Gasteiger partial charge in [0.15, 0.2) is 11.6 Å². The van der Waals surface area contributed by atoms with E-state index < -0.39 is 58.0 Å². The molecule has 7 aromatic heterocycles. The third kappa shape index (κ3) is 23.3. The lowest BCUT2D eigenvalue weighted by Gasteiger charge is -2.43. The Kier molecular flexibility index (Phi) is 30.3. The first-order chi connectivity index (χ1) is 68.2. The number of phenolic OH excluding ortho intramolecular Hbond substituents is 1. The fourth-order valence-electron chi connectivity index (χ4n) is 19.5. The van der Waals surface area contributed by atoms with Crippen molar-refractivity contribution in [2.75, 3.05) is 54.6 Å². The van der Waals surface area contributed by atoms with Crippen LogP contribution in [-0.4, -0.2) is 173 Å². The number of piperidine rings is 2. The summed E-state index contributed by atoms with van der Waals surface area (Å²) in [4.78, 5) is 106. The van der Waals surface area contributed by atoms with E-state index in [9.17, 15) is 64.5 Å². The van der Waals surface area contributed by atoms with Gasteiger partial charge >= 0.3 is 6.09 Å². The quantitative estimate of drug-likeness (QED) is 0.0184. The number of ether oxygens (including phenoxy) is 1. The molecule has 2 atom stereocenters. The predicted octanol–water partition coefficient (Wildman–Crippen LogP) is 13.4. The third-order valence-electron chi connectivity index (χ3n) is 28.3.